The SMILES string of the molecule is O=C(NCCCCCCNC(=O)NCCOCc1ccccc1)NCCOCc1ccccc1. The van der Waals surface area contributed by atoms with Crippen LogP contribution in [0.15, 0.2) is 60.7 Å². The molecule has 2 aromatic carbocycles. The normalized spacial score (nSPS) is 10.5. The van der Waals surface area contributed by atoms with Gasteiger partial charge in [-0.3, -0.25) is 0 Å². The van der Waals surface area contributed by atoms with Crippen LogP contribution in [0.5, 0.6) is 0 Å². The number of hydrogen-bond donors (Lipinski definition) is 4. The molecule has 0 bridgehead atoms. The molecular formula is C26H38N4O4. The highest BCUT2D eigenvalue weighted by atomic mass is 16.5. The minimum atomic E-state index is -0.172. The lowest BCUT2D eigenvalue weighted by Gasteiger charge is -2.09. The van der Waals surface area contributed by atoms with Crippen LogP contribution in [-0.2, 0) is 22.7 Å². The van der Waals surface area contributed by atoms with Gasteiger partial charge in [-0.2, -0.15) is 0 Å². The summed E-state index contributed by atoms with van der Waals surface area (Å²) in [5, 5.41) is 11.3. The van der Waals surface area contributed by atoms with Gasteiger partial charge in [-0.1, -0.05) is 73.5 Å². The molecular weight excluding hydrogens is 432 g/mol. The molecule has 0 fully saturated rings. The Morgan fingerprint density at radius 2 is 0.912 bits per heavy atom. The molecule has 8 heteroatoms. The number of carbonyl (C=O) groups excluding carboxylic acids is 2. The van der Waals surface area contributed by atoms with Crippen LogP contribution in [0.25, 0.3) is 0 Å². The molecule has 2 aromatic rings. The summed E-state index contributed by atoms with van der Waals surface area (Å²) in [7, 11) is 0. The zero-order valence-corrected chi connectivity index (χ0v) is 19.9. The van der Waals surface area contributed by atoms with Crippen molar-refractivity contribution in [3.63, 3.8) is 0 Å². The molecule has 0 atom stereocenters. The van der Waals surface area contributed by atoms with E-state index in [4.69, 9.17) is 9.47 Å². The third kappa shape index (κ3) is 14.1. The minimum absolute atomic E-state index is 0.172. The number of carbonyl (C=O) groups is 2. The Hall–Kier alpha value is -3.10. The van der Waals surface area contributed by atoms with Gasteiger partial charge < -0.3 is 30.7 Å². The summed E-state index contributed by atoms with van der Waals surface area (Å²) in [5.74, 6) is 0. The highest BCUT2D eigenvalue weighted by Crippen LogP contribution is 2.01. The third-order valence-corrected chi connectivity index (χ3v) is 4.96. The number of amides is 4. The van der Waals surface area contributed by atoms with Crippen molar-refractivity contribution in [2.75, 3.05) is 39.4 Å². The van der Waals surface area contributed by atoms with E-state index >= 15 is 0 Å². The van der Waals surface area contributed by atoms with Gasteiger partial charge in [0.1, 0.15) is 0 Å². The van der Waals surface area contributed by atoms with Crippen molar-refractivity contribution in [1.82, 2.24) is 21.3 Å². The fraction of sp³-hybridized carbons (Fsp3) is 0.462. The van der Waals surface area contributed by atoms with Crippen LogP contribution in [0.3, 0.4) is 0 Å². The molecule has 0 saturated carbocycles. The third-order valence-electron chi connectivity index (χ3n) is 4.96. The summed E-state index contributed by atoms with van der Waals surface area (Å²) in [5.41, 5.74) is 2.24. The van der Waals surface area contributed by atoms with Crippen molar-refractivity contribution in [2.24, 2.45) is 0 Å². The van der Waals surface area contributed by atoms with E-state index in [-0.39, 0.29) is 12.1 Å². The van der Waals surface area contributed by atoms with Crippen molar-refractivity contribution < 1.29 is 19.1 Å². The van der Waals surface area contributed by atoms with Gasteiger partial charge in [-0.05, 0) is 24.0 Å². The molecule has 0 aliphatic rings. The lowest BCUT2D eigenvalue weighted by atomic mass is 10.2. The molecule has 0 heterocycles. The van der Waals surface area contributed by atoms with Gasteiger partial charge >= 0.3 is 12.1 Å². The molecule has 34 heavy (non-hydrogen) atoms. The zero-order valence-electron chi connectivity index (χ0n) is 19.9. The molecule has 2 rings (SSSR count). The van der Waals surface area contributed by atoms with Crippen molar-refractivity contribution >= 4 is 12.1 Å². The average Bonchev–Trinajstić information content (AvgIpc) is 2.86. The zero-order chi connectivity index (χ0) is 24.1. The second-order valence-corrected chi connectivity index (χ2v) is 7.86. The van der Waals surface area contributed by atoms with Gasteiger partial charge in [0.25, 0.3) is 0 Å². The minimum Gasteiger partial charge on any atom is -0.375 e. The van der Waals surface area contributed by atoms with Gasteiger partial charge in [0.2, 0.25) is 0 Å². The Labute approximate surface area is 202 Å². The number of urea groups is 2. The number of hydrogen-bond acceptors (Lipinski definition) is 4. The van der Waals surface area contributed by atoms with Crippen LogP contribution in [-0.4, -0.2) is 51.5 Å². The van der Waals surface area contributed by atoms with Gasteiger partial charge in [0.15, 0.2) is 0 Å². The smallest absolute Gasteiger partial charge is 0.314 e. The summed E-state index contributed by atoms with van der Waals surface area (Å²) < 4.78 is 11.1. The van der Waals surface area contributed by atoms with E-state index in [9.17, 15) is 9.59 Å². The van der Waals surface area contributed by atoms with Crippen molar-refractivity contribution in [3.8, 4) is 0 Å². The fourth-order valence-corrected chi connectivity index (χ4v) is 3.13. The molecule has 0 unspecified atom stereocenters. The average molecular weight is 471 g/mol. The monoisotopic (exact) mass is 470 g/mol. The molecule has 0 aliphatic carbocycles. The number of nitrogens with one attached hydrogen (secondary N) is 4. The summed E-state index contributed by atoms with van der Waals surface area (Å²) in [6.45, 7) is 4.26. The first-order valence-corrected chi connectivity index (χ1v) is 12.0. The second-order valence-electron chi connectivity index (χ2n) is 7.86. The maximum absolute atomic E-state index is 11.7. The quantitative estimate of drug-likeness (QED) is 0.266. The van der Waals surface area contributed by atoms with Crippen LogP contribution in [0.2, 0.25) is 0 Å². The summed E-state index contributed by atoms with van der Waals surface area (Å²) >= 11 is 0. The Bertz CT molecular complexity index is 722. The first kappa shape index (κ1) is 27.1. The van der Waals surface area contributed by atoms with Gasteiger partial charge in [0.05, 0.1) is 26.4 Å². The van der Waals surface area contributed by atoms with E-state index in [1.54, 1.807) is 0 Å². The number of rotatable bonds is 17. The largest absolute Gasteiger partial charge is 0.375 e. The molecule has 4 amide bonds. The number of unbranched alkanes of at least 4 members (excludes halogenated alkanes) is 3. The van der Waals surface area contributed by atoms with E-state index in [0.29, 0.717) is 52.6 Å². The van der Waals surface area contributed by atoms with Gasteiger partial charge in [-0.15, -0.1) is 0 Å². The topological polar surface area (TPSA) is 101 Å². The molecule has 0 radical (unpaired) electrons. The predicted octanol–water partition coefficient (Wildman–Crippen LogP) is 3.58. The Morgan fingerprint density at radius 3 is 1.32 bits per heavy atom. The van der Waals surface area contributed by atoms with Gasteiger partial charge in [-0.25, -0.2) is 9.59 Å². The molecule has 0 saturated heterocycles. The van der Waals surface area contributed by atoms with E-state index in [0.717, 1.165) is 36.8 Å². The van der Waals surface area contributed by atoms with E-state index in [1.165, 1.54) is 0 Å². The highest BCUT2D eigenvalue weighted by Gasteiger charge is 2.01. The molecule has 4 N–H and O–H groups in total. The standard InChI is InChI=1S/C26H38N4O4/c31-25(29-17-19-33-21-23-11-5-3-6-12-23)27-15-9-1-2-10-16-28-26(32)30-18-20-34-22-24-13-7-4-8-14-24/h3-8,11-14H,1-2,9-10,15-22H2,(H2,27,29,31)(H2,28,30,32). The predicted molar refractivity (Wildman–Crippen MR) is 133 cm³/mol. The van der Waals surface area contributed by atoms with E-state index in [2.05, 4.69) is 21.3 Å². The first-order chi connectivity index (χ1) is 16.7. The van der Waals surface area contributed by atoms with Crippen LogP contribution in [0, 0.1) is 0 Å². The lowest BCUT2D eigenvalue weighted by Crippen LogP contribution is -2.38. The maximum Gasteiger partial charge on any atom is 0.314 e. The van der Waals surface area contributed by atoms with Crippen molar-refractivity contribution in [1.29, 1.82) is 0 Å². The Morgan fingerprint density at radius 1 is 0.529 bits per heavy atom. The Kier molecular flexibility index (Phi) is 14.6. The van der Waals surface area contributed by atoms with Crippen molar-refractivity contribution in [2.45, 2.75) is 38.9 Å². The maximum atomic E-state index is 11.7. The first-order valence-electron chi connectivity index (χ1n) is 12.0. The van der Waals surface area contributed by atoms with Crippen molar-refractivity contribution in [3.05, 3.63) is 71.8 Å². The number of benzene rings is 2. The highest BCUT2D eigenvalue weighted by molar-refractivity contribution is 5.74. The summed E-state index contributed by atoms with van der Waals surface area (Å²) in [4.78, 5) is 23.5. The van der Waals surface area contributed by atoms with Crippen LogP contribution in [0.1, 0.15) is 36.8 Å². The Balaban J connectivity index is 1.30. The van der Waals surface area contributed by atoms with Gasteiger partial charge in [0, 0.05) is 26.2 Å². The number of ether oxygens (including phenoxy) is 2. The molecule has 0 aliphatic heterocycles. The second kappa shape index (κ2) is 18.3. The van der Waals surface area contributed by atoms with Crippen LogP contribution in [0.4, 0.5) is 9.59 Å². The summed E-state index contributed by atoms with van der Waals surface area (Å²) in [6.07, 6.45) is 3.81. The fourth-order valence-electron chi connectivity index (χ4n) is 3.13. The van der Waals surface area contributed by atoms with E-state index < -0.39 is 0 Å². The molecule has 8 nitrogen and oxygen atoms in total. The van der Waals surface area contributed by atoms with Crippen LogP contribution >= 0.6 is 0 Å². The van der Waals surface area contributed by atoms with Crippen LogP contribution < -0.4 is 21.3 Å². The molecule has 0 aromatic heterocycles. The molecule has 186 valence electrons. The molecule has 0 spiro atoms. The van der Waals surface area contributed by atoms with E-state index in [1.807, 2.05) is 60.7 Å². The lowest BCUT2D eigenvalue weighted by molar-refractivity contribution is 0.123. The summed E-state index contributed by atoms with van der Waals surface area (Å²) in [6, 6.07) is 19.5.